The van der Waals surface area contributed by atoms with Gasteiger partial charge in [-0.1, -0.05) is 42.5 Å². The maximum atomic E-state index is 13.7. The van der Waals surface area contributed by atoms with E-state index in [1.165, 1.54) is 18.2 Å². The minimum Gasteiger partial charge on any atom is -0.394 e. The molecule has 2 aromatic rings. The number of hydrogen-bond donors (Lipinski definition) is 4. The van der Waals surface area contributed by atoms with Gasteiger partial charge in [0, 0.05) is 6.54 Å². The minimum atomic E-state index is -0.642. The van der Waals surface area contributed by atoms with Gasteiger partial charge in [-0.3, -0.25) is 4.79 Å². The molecule has 0 aromatic heterocycles. The predicted molar refractivity (Wildman–Crippen MR) is 110 cm³/mol. The van der Waals surface area contributed by atoms with E-state index in [2.05, 4.69) is 16.0 Å². The van der Waals surface area contributed by atoms with Crippen molar-refractivity contribution in [2.45, 2.75) is 44.1 Å². The molecule has 0 aliphatic carbocycles. The van der Waals surface area contributed by atoms with Gasteiger partial charge in [0.05, 0.1) is 30.9 Å². The van der Waals surface area contributed by atoms with E-state index in [0.29, 0.717) is 19.4 Å². The number of benzene rings is 2. The number of nitrogens with one attached hydrogen (secondary N) is 3. The van der Waals surface area contributed by atoms with Crippen LogP contribution in [0.15, 0.2) is 54.6 Å². The van der Waals surface area contributed by atoms with Gasteiger partial charge in [-0.2, -0.15) is 0 Å². The van der Waals surface area contributed by atoms with Crippen LogP contribution in [0, 0.1) is 5.82 Å². The Kier molecular flexibility index (Phi) is 7.75. The number of ether oxygens (including phenoxy) is 1. The summed E-state index contributed by atoms with van der Waals surface area (Å²) in [5.74, 6) is -0.669. The minimum absolute atomic E-state index is 0.0697. The fourth-order valence-electron chi connectivity index (χ4n) is 3.41. The Morgan fingerprint density at radius 2 is 1.80 bits per heavy atom. The van der Waals surface area contributed by atoms with Gasteiger partial charge in [0.15, 0.2) is 0 Å². The molecule has 4 N–H and O–H groups in total. The second-order valence-corrected chi connectivity index (χ2v) is 7.21. The zero-order valence-electron chi connectivity index (χ0n) is 16.5. The van der Waals surface area contributed by atoms with Crippen LogP contribution < -0.4 is 16.0 Å². The highest BCUT2D eigenvalue weighted by molar-refractivity contribution is 5.89. The third-order valence-corrected chi connectivity index (χ3v) is 4.98. The van der Waals surface area contributed by atoms with Crippen molar-refractivity contribution >= 4 is 17.6 Å². The van der Waals surface area contributed by atoms with Crippen LogP contribution in [0.25, 0.3) is 0 Å². The molecule has 3 rings (SSSR count). The number of anilines is 1. The highest BCUT2D eigenvalue weighted by Gasteiger charge is 2.33. The summed E-state index contributed by atoms with van der Waals surface area (Å²) in [5, 5.41) is 17.7. The average Bonchev–Trinajstić information content (AvgIpc) is 2.75. The number of carbonyl (C=O) groups is 2. The van der Waals surface area contributed by atoms with E-state index in [1.807, 2.05) is 30.3 Å². The number of rotatable bonds is 7. The van der Waals surface area contributed by atoms with Crippen molar-refractivity contribution in [3.05, 3.63) is 66.0 Å². The highest BCUT2D eigenvalue weighted by atomic mass is 19.1. The van der Waals surface area contributed by atoms with E-state index in [-0.39, 0.29) is 30.7 Å². The van der Waals surface area contributed by atoms with Gasteiger partial charge >= 0.3 is 6.03 Å². The molecule has 160 valence electrons. The molecule has 2 aromatic carbocycles. The molecule has 7 nitrogen and oxygen atoms in total. The molecule has 1 aliphatic rings. The van der Waals surface area contributed by atoms with E-state index in [4.69, 9.17) is 4.74 Å². The van der Waals surface area contributed by atoms with Crippen LogP contribution in [-0.4, -0.2) is 41.9 Å². The Labute approximate surface area is 174 Å². The summed E-state index contributed by atoms with van der Waals surface area (Å²) >= 11 is 0. The van der Waals surface area contributed by atoms with Crippen molar-refractivity contribution in [1.82, 2.24) is 10.6 Å². The molecule has 1 aliphatic heterocycles. The first-order valence-corrected chi connectivity index (χ1v) is 9.94. The van der Waals surface area contributed by atoms with Crippen molar-refractivity contribution < 1.29 is 23.8 Å². The summed E-state index contributed by atoms with van der Waals surface area (Å²) in [4.78, 5) is 24.4. The molecule has 30 heavy (non-hydrogen) atoms. The van der Waals surface area contributed by atoms with Crippen LogP contribution in [0.2, 0.25) is 0 Å². The number of hydrogen-bond acceptors (Lipinski definition) is 4. The maximum absolute atomic E-state index is 13.7. The first-order valence-electron chi connectivity index (χ1n) is 9.94. The summed E-state index contributed by atoms with van der Waals surface area (Å²) in [6, 6.07) is 14.4. The molecule has 0 spiro atoms. The van der Waals surface area contributed by atoms with Crippen LogP contribution in [0.4, 0.5) is 14.9 Å². The topological polar surface area (TPSA) is 99.7 Å². The fraction of sp³-hybridized carbons (Fsp3) is 0.364. The normalized spacial score (nSPS) is 20.9. The number of urea groups is 1. The molecule has 0 unspecified atom stereocenters. The summed E-state index contributed by atoms with van der Waals surface area (Å²) in [6.45, 7) is 0.142. The number of halogens is 1. The van der Waals surface area contributed by atoms with Crippen molar-refractivity contribution in [3.63, 3.8) is 0 Å². The summed E-state index contributed by atoms with van der Waals surface area (Å²) < 4.78 is 19.5. The van der Waals surface area contributed by atoms with Gasteiger partial charge in [0.1, 0.15) is 11.9 Å². The van der Waals surface area contributed by atoms with Crippen molar-refractivity contribution in [2.75, 3.05) is 11.9 Å². The number of aliphatic hydroxyl groups is 1. The number of amides is 3. The zero-order chi connectivity index (χ0) is 21.3. The van der Waals surface area contributed by atoms with Crippen molar-refractivity contribution in [2.24, 2.45) is 0 Å². The van der Waals surface area contributed by atoms with Gasteiger partial charge in [-0.25, -0.2) is 9.18 Å². The second kappa shape index (κ2) is 10.7. The fourth-order valence-corrected chi connectivity index (χ4v) is 3.41. The maximum Gasteiger partial charge on any atom is 0.319 e. The van der Waals surface area contributed by atoms with Crippen LogP contribution in [0.1, 0.15) is 24.8 Å². The van der Waals surface area contributed by atoms with Crippen LogP contribution in [-0.2, 0) is 16.1 Å². The number of carbonyl (C=O) groups excluding carboxylic acids is 2. The van der Waals surface area contributed by atoms with Crippen LogP contribution in [0.3, 0.4) is 0 Å². The monoisotopic (exact) mass is 415 g/mol. The Morgan fingerprint density at radius 1 is 1.07 bits per heavy atom. The Balaban J connectivity index is 1.45. The van der Waals surface area contributed by atoms with Crippen molar-refractivity contribution in [1.29, 1.82) is 0 Å². The first-order chi connectivity index (χ1) is 14.5. The molecular weight excluding hydrogens is 389 g/mol. The molecule has 0 radical (unpaired) electrons. The Hall–Kier alpha value is -2.97. The third kappa shape index (κ3) is 6.27. The zero-order valence-corrected chi connectivity index (χ0v) is 16.5. The van der Waals surface area contributed by atoms with Gasteiger partial charge < -0.3 is 25.8 Å². The average molecular weight is 415 g/mol. The molecule has 0 saturated carbocycles. The molecule has 1 saturated heterocycles. The molecule has 8 heteroatoms. The van der Waals surface area contributed by atoms with E-state index in [0.717, 1.165) is 5.56 Å². The summed E-state index contributed by atoms with van der Waals surface area (Å²) in [6.07, 6.45) is 0.284. The predicted octanol–water partition coefficient (Wildman–Crippen LogP) is 2.56. The van der Waals surface area contributed by atoms with Gasteiger partial charge in [-0.15, -0.1) is 0 Å². The lowest BCUT2D eigenvalue weighted by Crippen LogP contribution is -2.52. The summed E-state index contributed by atoms with van der Waals surface area (Å²) in [5.41, 5.74) is 1.08. The van der Waals surface area contributed by atoms with E-state index < -0.39 is 24.0 Å². The Bertz CT molecular complexity index is 849. The lowest BCUT2D eigenvalue weighted by Gasteiger charge is -2.35. The van der Waals surface area contributed by atoms with Crippen LogP contribution >= 0.6 is 0 Å². The van der Waals surface area contributed by atoms with Gasteiger partial charge in [0.25, 0.3) is 0 Å². The quantitative estimate of drug-likeness (QED) is 0.558. The highest BCUT2D eigenvalue weighted by Crippen LogP contribution is 2.22. The first kappa shape index (κ1) is 21.7. The lowest BCUT2D eigenvalue weighted by molar-refractivity contribution is -0.130. The molecule has 1 heterocycles. The summed E-state index contributed by atoms with van der Waals surface area (Å²) in [7, 11) is 0. The molecule has 1 fully saturated rings. The third-order valence-electron chi connectivity index (χ3n) is 4.98. The van der Waals surface area contributed by atoms with Crippen LogP contribution in [0.5, 0.6) is 0 Å². The van der Waals surface area contributed by atoms with Crippen molar-refractivity contribution in [3.8, 4) is 0 Å². The SMILES string of the molecule is O=C(C[C@@H]1CC[C@@H](NC(=O)Nc2ccccc2F)[C@@H](CO)O1)NCc1ccccc1. The van der Waals surface area contributed by atoms with E-state index >= 15 is 0 Å². The number of para-hydroxylation sites is 1. The second-order valence-electron chi connectivity index (χ2n) is 7.21. The lowest BCUT2D eigenvalue weighted by atomic mass is 9.97. The van der Waals surface area contributed by atoms with E-state index in [9.17, 15) is 19.1 Å². The molecule has 3 amide bonds. The van der Waals surface area contributed by atoms with E-state index in [1.54, 1.807) is 6.07 Å². The Morgan fingerprint density at radius 3 is 2.53 bits per heavy atom. The smallest absolute Gasteiger partial charge is 0.319 e. The van der Waals surface area contributed by atoms with Gasteiger partial charge in [0.2, 0.25) is 5.91 Å². The number of aliphatic hydroxyl groups excluding tert-OH is 1. The standard InChI is InChI=1S/C22H26FN3O4/c23-17-8-4-5-9-18(17)25-22(29)26-19-11-10-16(30-20(19)14-27)12-21(28)24-13-15-6-2-1-3-7-15/h1-9,16,19-20,27H,10-14H2,(H,24,28)(H2,25,26,29)/t16-,19+,20+/m0/s1. The molecule has 3 atom stereocenters. The van der Waals surface area contributed by atoms with Gasteiger partial charge in [-0.05, 0) is 30.5 Å². The largest absolute Gasteiger partial charge is 0.394 e. The molecular formula is C22H26FN3O4. The molecule has 0 bridgehead atoms.